The molecule has 0 bridgehead atoms. The molecule has 0 spiro atoms. The van der Waals surface area contributed by atoms with Crippen molar-refractivity contribution in [3.8, 4) is 0 Å². The Morgan fingerprint density at radius 2 is 2.29 bits per heavy atom. The summed E-state index contributed by atoms with van der Waals surface area (Å²) in [6.45, 7) is 4.25. The number of rotatable bonds is 2. The van der Waals surface area contributed by atoms with E-state index in [4.69, 9.17) is 0 Å². The lowest BCUT2D eigenvalue weighted by molar-refractivity contribution is 0.0943. The predicted octanol–water partition coefficient (Wildman–Crippen LogP) is 2.41. The van der Waals surface area contributed by atoms with Crippen LogP contribution < -0.4 is 0 Å². The van der Waals surface area contributed by atoms with E-state index < -0.39 is 0 Å². The van der Waals surface area contributed by atoms with Crippen molar-refractivity contribution < 1.29 is 4.79 Å². The normalized spacial score (nSPS) is 23.6. The van der Waals surface area contributed by atoms with Gasteiger partial charge in [0.15, 0.2) is 5.78 Å². The highest BCUT2D eigenvalue weighted by Gasteiger charge is 2.51. The summed E-state index contributed by atoms with van der Waals surface area (Å²) in [5.41, 5.74) is 0.876. The van der Waals surface area contributed by atoms with Crippen LogP contribution >= 0.6 is 15.9 Å². The lowest BCUT2D eigenvalue weighted by Gasteiger charge is -2.03. The predicted molar refractivity (Wildman–Crippen MR) is 57.1 cm³/mol. The molecule has 0 N–H and O–H groups in total. The van der Waals surface area contributed by atoms with Gasteiger partial charge in [0.25, 0.3) is 0 Å². The summed E-state index contributed by atoms with van der Waals surface area (Å²) in [5, 5.41) is 4.04. The van der Waals surface area contributed by atoms with Gasteiger partial charge >= 0.3 is 0 Å². The van der Waals surface area contributed by atoms with Gasteiger partial charge in [-0.2, -0.15) is 5.10 Å². The minimum absolute atomic E-state index is 0.175. The van der Waals surface area contributed by atoms with Crippen LogP contribution in [-0.4, -0.2) is 15.6 Å². The number of Topliss-reactive ketones (excluding diaryl/α,β-unsaturated/α-hetero) is 1. The molecule has 1 atom stereocenters. The van der Waals surface area contributed by atoms with Crippen LogP contribution in [0.1, 0.15) is 30.8 Å². The highest BCUT2D eigenvalue weighted by Crippen LogP contribution is 2.53. The van der Waals surface area contributed by atoms with E-state index in [9.17, 15) is 4.79 Å². The minimum atomic E-state index is 0.175. The first kappa shape index (κ1) is 9.90. The third-order valence-corrected chi connectivity index (χ3v) is 3.54. The van der Waals surface area contributed by atoms with Crippen LogP contribution in [0.25, 0.3) is 0 Å². The molecule has 0 aromatic carbocycles. The van der Waals surface area contributed by atoms with Gasteiger partial charge in [0, 0.05) is 13.0 Å². The van der Waals surface area contributed by atoms with Crippen LogP contribution in [0.3, 0.4) is 0 Å². The molecule has 4 heteroatoms. The summed E-state index contributed by atoms with van der Waals surface area (Å²) >= 11 is 3.35. The number of halogens is 1. The molecule has 1 aromatic heterocycles. The van der Waals surface area contributed by atoms with Gasteiger partial charge in [0.1, 0.15) is 5.69 Å². The fourth-order valence-electron chi connectivity index (χ4n) is 1.77. The Morgan fingerprint density at radius 3 is 2.64 bits per heavy atom. The number of carbonyl (C=O) groups is 1. The number of aryl methyl sites for hydroxylation is 1. The first-order valence-corrected chi connectivity index (χ1v) is 5.44. The highest BCUT2D eigenvalue weighted by atomic mass is 79.9. The monoisotopic (exact) mass is 256 g/mol. The van der Waals surface area contributed by atoms with E-state index in [-0.39, 0.29) is 17.1 Å². The van der Waals surface area contributed by atoms with E-state index in [0.717, 1.165) is 10.9 Å². The summed E-state index contributed by atoms with van der Waals surface area (Å²) in [6, 6.07) is 0. The van der Waals surface area contributed by atoms with Gasteiger partial charge in [0.2, 0.25) is 0 Å². The van der Waals surface area contributed by atoms with Crippen molar-refractivity contribution in [3.05, 3.63) is 16.4 Å². The molecular weight excluding hydrogens is 244 g/mol. The van der Waals surface area contributed by atoms with Crippen LogP contribution in [-0.2, 0) is 7.05 Å². The second-order valence-electron chi connectivity index (χ2n) is 4.57. The van der Waals surface area contributed by atoms with E-state index in [1.54, 1.807) is 17.9 Å². The first-order chi connectivity index (χ1) is 6.43. The Bertz CT molecular complexity index is 375. The van der Waals surface area contributed by atoms with E-state index in [0.29, 0.717) is 5.69 Å². The Hall–Kier alpha value is -0.640. The van der Waals surface area contributed by atoms with E-state index in [1.807, 2.05) is 0 Å². The molecule has 2 rings (SSSR count). The van der Waals surface area contributed by atoms with Crippen molar-refractivity contribution >= 4 is 21.7 Å². The van der Waals surface area contributed by atoms with Crippen LogP contribution in [0.5, 0.6) is 0 Å². The molecule has 1 aromatic rings. The maximum atomic E-state index is 12.0. The molecule has 0 aliphatic heterocycles. The zero-order valence-corrected chi connectivity index (χ0v) is 10.1. The molecule has 1 saturated carbocycles. The second kappa shape index (κ2) is 2.92. The van der Waals surface area contributed by atoms with Gasteiger partial charge in [0.05, 0.1) is 10.7 Å². The SMILES string of the molecule is Cn1ncc(Br)c1C(=O)C1CC1(C)C. The molecule has 0 amide bonds. The minimum Gasteiger partial charge on any atom is -0.292 e. The maximum Gasteiger partial charge on any atom is 0.185 e. The van der Waals surface area contributed by atoms with Crippen LogP contribution in [0.15, 0.2) is 10.7 Å². The fourth-order valence-corrected chi connectivity index (χ4v) is 2.31. The summed E-state index contributed by atoms with van der Waals surface area (Å²) in [4.78, 5) is 12.0. The summed E-state index contributed by atoms with van der Waals surface area (Å²) in [6.07, 6.45) is 2.66. The van der Waals surface area contributed by atoms with Crippen molar-refractivity contribution in [2.45, 2.75) is 20.3 Å². The number of nitrogens with zero attached hydrogens (tertiary/aromatic N) is 2. The van der Waals surface area contributed by atoms with E-state index in [2.05, 4.69) is 34.9 Å². The molecule has 76 valence electrons. The third-order valence-electron chi connectivity index (χ3n) is 2.96. The van der Waals surface area contributed by atoms with Gasteiger partial charge in [-0.25, -0.2) is 0 Å². The molecule has 0 saturated heterocycles. The van der Waals surface area contributed by atoms with Gasteiger partial charge in [-0.1, -0.05) is 13.8 Å². The lowest BCUT2D eigenvalue weighted by Crippen LogP contribution is -2.12. The standard InChI is InChI=1S/C10H13BrN2O/c1-10(2)4-6(10)9(14)8-7(11)5-12-13(8)3/h5-6H,4H2,1-3H3. The Morgan fingerprint density at radius 1 is 1.71 bits per heavy atom. The highest BCUT2D eigenvalue weighted by molar-refractivity contribution is 9.10. The van der Waals surface area contributed by atoms with Crippen molar-refractivity contribution in [1.29, 1.82) is 0 Å². The number of hydrogen-bond donors (Lipinski definition) is 0. The van der Waals surface area contributed by atoms with Crippen molar-refractivity contribution in [2.75, 3.05) is 0 Å². The lowest BCUT2D eigenvalue weighted by atomic mass is 10.1. The Balaban J connectivity index is 2.29. The smallest absolute Gasteiger partial charge is 0.185 e. The summed E-state index contributed by atoms with van der Waals surface area (Å²) < 4.78 is 2.44. The molecule has 0 radical (unpaired) electrons. The quantitative estimate of drug-likeness (QED) is 0.762. The third kappa shape index (κ3) is 1.41. The second-order valence-corrected chi connectivity index (χ2v) is 5.43. The van der Waals surface area contributed by atoms with Crippen LogP contribution in [0, 0.1) is 11.3 Å². The number of carbonyl (C=O) groups excluding carboxylic acids is 1. The van der Waals surface area contributed by atoms with Gasteiger partial charge < -0.3 is 0 Å². The van der Waals surface area contributed by atoms with E-state index >= 15 is 0 Å². The largest absolute Gasteiger partial charge is 0.292 e. The number of aromatic nitrogens is 2. The van der Waals surface area contributed by atoms with Crippen LogP contribution in [0.2, 0.25) is 0 Å². The zero-order chi connectivity index (χ0) is 10.5. The average Bonchev–Trinajstić information content (AvgIpc) is 2.59. The summed E-state index contributed by atoms with van der Waals surface area (Å²) in [5.74, 6) is 0.385. The van der Waals surface area contributed by atoms with Gasteiger partial charge in [-0.15, -0.1) is 0 Å². The summed E-state index contributed by atoms with van der Waals surface area (Å²) in [7, 11) is 1.80. The molecule has 1 fully saturated rings. The molecule has 1 heterocycles. The van der Waals surface area contributed by atoms with Crippen molar-refractivity contribution in [1.82, 2.24) is 9.78 Å². The maximum absolute atomic E-state index is 12.0. The topological polar surface area (TPSA) is 34.9 Å². The Labute approximate surface area is 91.6 Å². The molecule has 3 nitrogen and oxygen atoms in total. The van der Waals surface area contributed by atoms with E-state index in [1.165, 1.54) is 0 Å². The van der Waals surface area contributed by atoms with Crippen molar-refractivity contribution in [3.63, 3.8) is 0 Å². The number of hydrogen-bond acceptors (Lipinski definition) is 2. The molecule has 1 aliphatic carbocycles. The molecule has 1 unspecified atom stereocenters. The Kier molecular flexibility index (Phi) is 2.07. The number of ketones is 1. The van der Waals surface area contributed by atoms with Gasteiger partial charge in [-0.3, -0.25) is 9.48 Å². The zero-order valence-electron chi connectivity index (χ0n) is 8.54. The first-order valence-electron chi connectivity index (χ1n) is 4.65. The molecule has 1 aliphatic rings. The van der Waals surface area contributed by atoms with Crippen LogP contribution in [0.4, 0.5) is 0 Å². The van der Waals surface area contributed by atoms with Crippen molar-refractivity contribution in [2.24, 2.45) is 18.4 Å². The molecule has 14 heavy (non-hydrogen) atoms. The van der Waals surface area contributed by atoms with Gasteiger partial charge in [-0.05, 0) is 27.8 Å². The fraction of sp³-hybridized carbons (Fsp3) is 0.600. The molecular formula is C10H13BrN2O. The average molecular weight is 257 g/mol.